The molecule has 0 heterocycles. The van der Waals surface area contributed by atoms with Gasteiger partial charge in [0.15, 0.2) is 0 Å². The third kappa shape index (κ3) is 4.31. The zero-order valence-electron chi connectivity index (χ0n) is 14.8. The van der Waals surface area contributed by atoms with E-state index >= 15 is 0 Å². The number of aryl methyl sites for hydroxylation is 2. The first-order chi connectivity index (χ1) is 11.7. The number of hydrogen-bond donors (Lipinski definition) is 0. The van der Waals surface area contributed by atoms with Crippen LogP contribution in [0.2, 0.25) is 0 Å². The quantitative estimate of drug-likeness (QED) is 0.692. The molecule has 2 heteroatoms. The third-order valence-corrected chi connectivity index (χ3v) is 5.16. The van der Waals surface area contributed by atoms with Crippen LogP contribution in [0, 0.1) is 25.7 Å². The Kier molecular flexibility index (Phi) is 5.79. The molecule has 0 aliphatic heterocycles. The molecule has 0 aromatic heterocycles. The molecule has 0 spiro atoms. The predicted molar refractivity (Wildman–Crippen MR) is 98.8 cm³/mol. The van der Waals surface area contributed by atoms with E-state index in [1.54, 1.807) is 0 Å². The summed E-state index contributed by atoms with van der Waals surface area (Å²) in [6.07, 6.45) is 5.10. The Morgan fingerprint density at radius 3 is 1.54 bits per heavy atom. The van der Waals surface area contributed by atoms with Crippen LogP contribution >= 0.6 is 0 Å². The van der Waals surface area contributed by atoms with E-state index in [4.69, 9.17) is 9.47 Å². The van der Waals surface area contributed by atoms with Crippen molar-refractivity contribution in [1.29, 1.82) is 0 Å². The summed E-state index contributed by atoms with van der Waals surface area (Å²) in [6.45, 7) is 5.81. The van der Waals surface area contributed by atoms with Gasteiger partial charge in [0, 0.05) is 0 Å². The molecule has 1 aliphatic carbocycles. The number of benzene rings is 2. The molecule has 0 unspecified atom stereocenters. The average Bonchev–Trinajstić information content (AvgIpc) is 2.61. The molecule has 0 bridgehead atoms. The van der Waals surface area contributed by atoms with Crippen molar-refractivity contribution >= 4 is 0 Å². The van der Waals surface area contributed by atoms with Gasteiger partial charge >= 0.3 is 0 Å². The van der Waals surface area contributed by atoms with Crippen molar-refractivity contribution in [2.45, 2.75) is 39.5 Å². The maximum absolute atomic E-state index is 6.13. The van der Waals surface area contributed by atoms with E-state index < -0.39 is 0 Å². The molecule has 0 amide bonds. The van der Waals surface area contributed by atoms with Crippen LogP contribution in [0.3, 0.4) is 0 Å². The Labute approximate surface area is 145 Å². The molecule has 24 heavy (non-hydrogen) atoms. The van der Waals surface area contributed by atoms with Gasteiger partial charge in [0.1, 0.15) is 11.5 Å². The summed E-state index contributed by atoms with van der Waals surface area (Å²) in [5.41, 5.74) is 2.42. The van der Waals surface area contributed by atoms with Crippen molar-refractivity contribution in [1.82, 2.24) is 0 Å². The van der Waals surface area contributed by atoms with E-state index in [2.05, 4.69) is 50.2 Å². The molecule has 3 rings (SSSR count). The molecule has 2 atom stereocenters. The molecule has 1 saturated carbocycles. The molecule has 1 aliphatic rings. The largest absolute Gasteiger partial charge is 0.493 e. The number of para-hydroxylation sites is 2. The highest BCUT2D eigenvalue weighted by molar-refractivity contribution is 5.32. The van der Waals surface area contributed by atoms with Gasteiger partial charge in [0.05, 0.1) is 13.2 Å². The standard InChI is InChI=1S/C22H28O2/c1-17-9-3-7-13-21(17)23-15-19-11-5-6-12-20(19)16-24-22-14-8-4-10-18(22)2/h3-4,7-10,13-14,19-20H,5-6,11-12,15-16H2,1-2H3/t19-,20-/m0/s1. The van der Waals surface area contributed by atoms with Gasteiger partial charge in [-0.05, 0) is 61.8 Å². The van der Waals surface area contributed by atoms with E-state index in [0.29, 0.717) is 11.8 Å². The minimum Gasteiger partial charge on any atom is -0.493 e. The van der Waals surface area contributed by atoms with Gasteiger partial charge in [-0.25, -0.2) is 0 Å². The molecule has 0 saturated heterocycles. The van der Waals surface area contributed by atoms with Crippen molar-refractivity contribution in [3.05, 3.63) is 59.7 Å². The minimum atomic E-state index is 0.586. The zero-order chi connectivity index (χ0) is 16.8. The van der Waals surface area contributed by atoms with Gasteiger partial charge in [-0.1, -0.05) is 49.2 Å². The molecule has 2 aromatic rings. The molecular weight excluding hydrogens is 296 g/mol. The average molecular weight is 324 g/mol. The summed E-state index contributed by atoms with van der Waals surface area (Å²) < 4.78 is 12.3. The highest BCUT2D eigenvalue weighted by Gasteiger charge is 2.26. The predicted octanol–water partition coefficient (Wildman–Crippen LogP) is 5.57. The lowest BCUT2D eigenvalue weighted by Crippen LogP contribution is -2.30. The van der Waals surface area contributed by atoms with Crippen LogP contribution in [0.5, 0.6) is 11.5 Å². The van der Waals surface area contributed by atoms with Gasteiger partial charge in [0.25, 0.3) is 0 Å². The van der Waals surface area contributed by atoms with Crippen molar-refractivity contribution < 1.29 is 9.47 Å². The fourth-order valence-electron chi connectivity index (χ4n) is 3.55. The van der Waals surface area contributed by atoms with Crippen LogP contribution < -0.4 is 9.47 Å². The molecule has 0 radical (unpaired) electrons. The fraction of sp³-hybridized carbons (Fsp3) is 0.455. The number of rotatable bonds is 6. The van der Waals surface area contributed by atoms with E-state index in [1.165, 1.54) is 36.8 Å². The summed E-state index contributed by atoms with van der Waals surface area (Å²) in [4.78, 5) is 0. The van der Waals surface area contributed by atoms with E-state index in [1.807, 2.05) is 12.1 Å². The van der Waals surface area contributed by atoms with Crippen LogP contribution in [-0.2, 0) is 0 Å². The molecule has 2 nitrogen and oxygen atoms in total. The third-order valence-electron chi connectivity index (χ3n) is 5.16. The van der Waals surface area contributed by atoms with Gasteiger partial charge in [-0.3, -0.25) is 0 Å². The Morgan fingerprint density at radius 2 is 1.12 bits per heavy atom. The van der Waals surface area contributed by atoms with Crippen LogP contribution in [0.25, 0.3) is 0 Å². The summed E-state index contributed by atoms with van der Waals surface area (Å²) in [6, 6.07) is 16.5. The van der Waals surface area contributed by atoms with E-state index in [-0.39, 0.29) is 0 Å². The normalized spacial score (nSPS) is 20.6. The maximum Gasteiger partial charge on any atom is 0.122 e. The van der Waals surface area contributed by atoms with Crippen molar-refractivity contribution in [3.63, 3.8) is 0 Å². The fourth-order valence-corrected chi connectivity index (χ4v) is 3.55. The van der Waals surface area contributed by atoms with Crippen molar-refractivity contribution in [2.75, 3.05) is 13.2 Å². The molecule has 0 N–H and O–H groups in total. The Balaban J connectivity index is 1.57. The molecule has 1 fully saturated rings. The molecule has 128 valence electrons. The highest BCUT2D eigenvalue weighted by Crippen LogP contribution is 2.32. The minimum absolute atomic E-state index is 0.586. The summed E-state index contributed by atoms with van der Waals surface area (Å²) in [7, 11) is 0. The van der Waals surface area contributed by atoms with Gasteiger partial charge in [-0.15, -0.1) is 0 Å². The summed E-state index contributed by atoms with van der Waals surface area (Å²) in [5, 5.41) is 0. The van der Waals surface area contributed by atoms with Gasteiger partial charge in [0.2, 0.25) is 0 Å². The van der Waals surface area contributed by atoms with Gasteiger partial charge in [-0.2, -0.15) is 0 Å². The lowest BCUT2D eigenvalue weighted by molar-refractivity contribution is 0.104. The maximum atomic E-state index is 6.13. The molecule has 2 aromatic carbocycles. The smallest absolute Gasteiger partial charge is 0.122 e. The highest BCUT2D eigenvalue weighted by atomic mass is 16.5. The molecular formula is C22H28O2. The topological polar surface area (TPSA) is 18.5 Å². The lowest BCUT2D eigenvalue weighted by atomic mass is 9.80. The first kappa shape index (κ1) is 16.9. The van der Waals surface area contributed by atoms with Crippen LogP contribution in [0.15, 0.2) is 48.5 Å². The van der Waals surface area contributed by atoms with Crippen LogP contribution in [-0.4, -0.2) is 13.2 Å². The second-order valence-corrected chi connectivity index (χ2v) is 6.96. The van der Waals surface area contributed by atoms with Crippen molar-refractivity contribution in [2.24, 2.45) is 11.8 Å². The van der Waals surface area contributed by atoms with Crippen LogP contribution in [0.1, 0.15) is 36.8 Å². The number of ether oxygens (including phenoxy) is 2. The van der Waals surface area contributed by atoms with Crippen molar-refractivity contribution in [3.8, 4) is 11.5 Å². The Hall–Kier alpha value is -1.96. The Morgan fingerprint density at radius 1 is 0.708 bits per heavy atom. The monoisotopic (exact) mass is 324 g/mol. The summed E-state index contributed by atoms with van der Waals surface area (Å²) in [5.74, 6) is 3.20. The SMILES string of the molecule is Cc1ccccc1OC[C@@H]1CCCC[C@H]1COc1ccccc1C. The second-order valence-electron chi connectivity index (χ2n) is 6.96. The summed E-state index contributed by atoms with van der Waals surface area (Å²) >= 11 is 0. The van der Waals surface area contributed by atoms with E-state index in [9.17, 15) is 0 Å². The Bertz CT molecular complexity index is 592. The first-order valence-corrected chi connectivity index (χ1v) is 9.11. The second kappa shape index (κ2) is 8.23. The lowest BCUT2D eigenvalue weighted by Gasteiger charge is -2.31. The first-order valence-electron chi connectivity index (χ1n) is 9.11. The van der Waals surface area contributed by atoms with E-state index in [0.717, 1.165) is 24.7 Å². The zero-order valence-corrected chi connectivity index (χ0v) is 14.8. The van der Waals surface area contributed by atoms with Crippen LogP contribution in [0.4, 0.5) is 0 Å². The number of hydrogen-bond acceptors (Lipinski definition) is 2. The van der Waals surface area contributed by atoms with Gasteiger partial charge < -0.3 is 9.47 Å².